The van der Waals surface area contributed by atoms with Crippen LogP contribution >= 0.6 is 24.8 Å². The Balaban J connectivity index is 0.00000225. The van der Waals surface area contributed by atoms with Crippen molar-refractivity contribution in [2.45, 2.75) is 6.04 Å². The summed E-state index contributed by atoms with van der Waals surface area (Å²) >= 11 is 0. The van der Waals surface area contributed by atoms with Gasteiger partial charge in [0.1, 0.15) is 6.04 Å². The van der Waals surface area contributed by atoms with E-state index in [-0.39, 0.29) is 30.9 Å². The fraction of sp³-hybridized carbons (Fsp3) is 0.348. The van der Waals surface area contributed by atoms with Gasteiger partial charge in [0.15, 0.2) is 11.5 Å². The van der Waals surface area contributed by atoms with Crippen molar-refractivity contribution in [1.29, 1.82) is 5.26 Å². The molecule has 0 amide bonds. The molecule has 0 spiro atoms. The number of piperazine rings is 1. The highest BCUT2D eigenvalue weighted by Gasteiger charge is 2.25. The fourth-order valence-electron chi connectivity index (χ4n) is 3.50. The smallest absolute Gasteiger partial charge is 0.161 e. The molecule has 0 saturated carbocycles. The monoisotopic (exact) mass is 449 g/mol. The summed E-state index contributed by atoms with van der Waals surface area (Å²) in [7, 11) is 3.23. The van der Waals surface area contributed by atoms with Gasteiger partial charge >= 0.3 is 0 Å². The molecule has 1 heterocycles. The van der Waals surface area contributed by atoms with Gasteiger partial charge in [0.2, 0.25) is 0 Å². The van der Waals surface area contributed by atoms with E-state index in [9.17, 15) is 5.26 Å². The summed E-state index contributed by atoms with van der Waals surface area (Å²) in [4.78, 5) is 4.65. The van der Waals surface area contributed by atoms with Crippen LogP contribution in [0.5, 0.6) is 11.5 Å². The van der Waals surface area contributed by atoms with E-state index in [4.69, 9.17) is 9.47 Å². The topological polar surface area (TPSA) is 48.7 Å². The number of halogens is 2. The molecule has 30 heavy (non-hydrogen) atoms. The van der Waals surface area contributed by atoms with E-state index in [0.29, 0.717) is 11.5 Å². The molecule has 1 fully saturated rings. The molecule has 0 aromatic heterocycles. The molecule has 1 aliphatic heterocycles. The standard InChI is InChI=1S/C23H27N3O2.2ClH/c1-27-22-11-10-20(17-23(22)28-2)21(18-24)26-15-13-25(14-16-26)12-6-9-19-7-4-3-5-8-19;;/h3-11,17,21H,12-16H2,1-2H3;2*1H. The van der Waals surface area contributed by atoms with E-state index in [1.807, 2.05) is 24.3 Å². The first-order valence-corrected chi connectivity index (χ1v) is 9.54. The van der Waals surface area contributed by atoms with E-state index in [1.54, 1.807) is 14.2 Å². The number of rotatable bonds is 7. The second kappa shape index (κ2) is 13.1. The number of methoxy groups -OCH3 is 2. The van der Waals surface area contributed by atoms with Crippen LogP contribution in [-0.4, -0.2) is 56.7 Å². The maximum Gasteiger partial charge on any atom is 0.161 e. The zero-order chi connectivity index (χ0) is 19.8. The number of nitrogens with zero attached hydrogens (tertiary/aromatic N) is 3. The summed E-state index contributed by atoms with van der Waals surface area (Å²) in [6, 6.07) is 18.2. The summed E-state index contributed by atoms with van der Waals surface area (Å²) < 4.78 is 10.7. The zero-order valence-electron chi connectivity index (χ0n) is 17.4. The Kier molecular flexibility index (Phi) is 11.3. The van der Waals surface area contributed by atoms with Crippen molar-refractivity contribution < 1.29 is 9.47 Å². The zero-order valence-corrected chi connectivity index (χ0v) is 19.0. The second-order valence-corrected chi connectivity index (χ2v) is 6.80. The van der Waals surface area contributed by atoms with E-state index < -0.39 is 0 Å². The average Bonchev–Trinajstić information content (AvgIpc) is 2.76. The lowest BCUT2D eigenvalue weighted by Crippen LogP contribution is -2.47. The molecular formula is C23H29Cl2N3O2. The van der Waals surface area contributed by atoms with Crippen LogP contribution in [0, 0.1) is 11.3 Å². The Labute approximate surface area is 191 Å². The first-order chi connectivity index (χ1) is 13.7. The molecule has 3 rings (SSSR count). The van der Waals surface area contributed by atoms with E-state index in [1.165, 1.54) is 5.56 Å². The highest BCUT2D eigenvalue weighted by molar-refractivity contribution is 5.85. The van der Waals surface area contributed by atoms with Gasteiger partial charge in [-0.1, -0.05) is 48.6 Å². The van der Waals surface area contributed by atoms with Crippen molar-refractivity contribution in [3.8, 4) is 17.6 Å². The third-order valence-corrected chi connectivity index (χ3v) is 5.09. The maximum atomic E-state index is 9.77. The van der Waals surface area contributed by atoms with Crippen molar-refractivity contribution >= 4 is 30.9 Å². The lowest BCUT2D eigenvalue weighted by atomic mass is 10.0. The molecule has 1 aliphatic rings. The minimum atomic E-state index is -0.276. The summed E-state index contributed by atoms with van der Waals surface area (Å²) in [6.45, 7) is 4.56. The van der Waals surface area contributed by atoms with Gasteiger partial charge < -0.3 is 9.47 Å². The van der Waals surface area contributed by atoms with Crippen LogP contribution < -0.4 is 9.47 Å². The predicted molar refractivity (Wildman–Crippen MR) is 126 cm³/mol. The summed E-state index contributed by atoms with van der Waals surface area (Å²) in [5, 5.41) is 9.77. The Morgan fingerprint density at radius 2 is 1.63 bits per heavy atom. The molecule has 0 N–H and O–H groups in total. The molecule has 1 atom stereocenters. The van der Waals surface area contributed by atoms with Gasteiger partial charge in [-0.05, 0) is 23.3 Å². The van der Waals surface area contributed by atoms with Crippen LogP contribution in [0.4, 0.5) is 0 Å². The van der Waals surface area contributed by atoms with E-state index in [0.717, 1.165) is 38.3 Å². The number of hydrogen-bond acceptors (Lipinski definition) is 5. The second-order valence-electron chi connectivity index (χ2n) is 6.80. The lowest BCUT2D eigenvalue weighted by molar-refractivity contribution is 0.123. The predicted octanol–water partition coefficient (Wildman–Crippen LogP) is 4.44. The van der Waals surface area contributed by atoms with Gasteiger partial charge in [0.05, 0.1) is 20.3 Å². The number of ether oxygens (including phenoxy) is 2. The highest BCUT2D eigenvalue weighted by atomic mass is 35.5. The molecule has 5 nitrogen and oxygen atoms in total. The van der Waals surface area contributed by atoms with Gasteiger partial charge in [-0.15, -0.1) is 24.8 Å². The summed E-state index contributed by atoms with van der Waals surface area (Å²) in [5.41, 5.74) is 2.16. The van der Waals surface area contributed by atoms with Crippen molar-refractivity contribution in [3.05, 3.63) is 65.7 Å². The normalized spacial score (nSPS) is 15.5. The number of nitriles is 1. The van der Waals surface area contributed by atoms with Crippen molar-refractivity contribution in [2.75, 3.05) is 46.9 Å². The van der Waals surface area contributed by atoms with Crippen molar-refractivity contribution in [3.63, 3.8) is 0 Å². The fourth-order valence-corrected chi connectivity index (χ4v) is 3.50. The van der Waals surface area contributed by atoms with Crippen LogP contribution in [0.2, 0.25) is 0 Å². The van der Waals surface area contributed by atoms with Crippen LogP contribution in [0.15, 0.2) is 54.6 Å². The quantitative estimate of drug-likeness (QED) is 0.624. The van der Waals surface area contributed by atoms with Crippen LogP contribution in [-0.2, 0) is 0 Å². The first-order valence-electron chi connectivity index (χ1n) is 9.54. The molecule has 7 heteroatoms. The molecule has 0 aliphatic carbocycles. The summed E-state index contributed by atoms with van der Waals surface area (Å²) in [5.74, 6) is 1.34. The third kappa shape index (κ3) is 6.65. The molecule has 1 unspecified atom stereocenters. The Hall–Kier alpha value is -2.23. The Morgan fingerprint density at radius 3 is 2.23 bits per heavy atom. The highest BCUT2D eigenvalue weighted by Crippen LogP contribution is 2.32. The van der Waals surface area contributed by atoms with Crippen LogP contribution in [0.3, 0.4) is 0 Å². The minimum absolute atomic E-state index is 0. The van der Waals surface area contributed by atoms with Crippen molar-refractivity contribution in [1.82, 2.24) is 9.80 Å². The molecule has 2 aromatic carbocycles. The van der Waals surface area contributed by atoms with Crippen LogP contribution in [0.1, 0.15) is 17.2 Å². The van der Waals surface area contributed by atoms with E-state index >= 15 is 0 Å². The number of benzene rings is 2. The molecular weight excluding hydrogens is 421 g/mol. The first kappa shape index (κ1) is 25.8. The Bertz CT molecular complexity index is 832. The minimum Gasteiger partial charge on any atom is -0.493 e. The molecule has 0 radical (unpaired) electrons. The van der Waals surface area contributed by atoms with Gasteiger partial charge in [0.25, 0.3) is 0 Å². The van der Waals surface area contributed by atoms with Crippen LogP contribution in [0.25, 0.3) is 6.08 Å². The largest absolute Gasteiger partial charge is 0.493 e. The molecule has 2 aromatic rings. The lowest BCUT2D eigenvalue weighted by Gasteiger charge is -2.36. The summed E-state index contributed by atoms with van der Waals surface area (Å²) in [6.07, 6.45) is 4.37. The van der Waals surface area contributed by atoms with Crippen molar-refractivity contribution in [2.24, 2.45) is 0 Å². The van der Waals surface area contributed by atoms with E-state index in [2.05, 4.69) is 52.3 Å². The van der Waals surface area contributed by atoms with Gasteiger partial charge in [0, 0.05) is 32.7 Å². The number of hydrogen-bond donors (Lipinski definition) is 0. The Morgan fingerprint density at radius 1 is 0.967 bits per heavy atom. The average molecular weight is 450 g/mol. The van der Waals surface area contributed by atoms with Gasteiger partial charge in [-0.3, -0.25) is 9.80 Å². The van der Waals surface area contributed by atoms with Gasteiger partial charge in [-0.25, -0.2) is 0 Å². The molecule has 1 saturated heterocycles. The molecule has 162 valence electrons. The van der Waals surface area contributed by atoms with Gasteiger partial charge in [-0.2, -0.15) is 5.26 Å². The third-order valence-electron chi connectivity index (χ3n) is 5.09. The molecule has 0 bridgehead atoms. The maximum absolute atomic E-state index is 9.77. The SMILES string of the molecule is COc1ccc(C(C#N)N2CCN(CC=Cc3ccccc3)CC2)cc1OC.Cl.Cl.